The lowest BCUT2D eigenvalue weighted by atomic mass is 10.2. The molecule has 1 heteroatoms. The summed E-state index contributed by atoms with van der Waals surface area (Å²) < 4.78 is 0. The molecule has 0 radical (unpaired) electrons. The Morgan fingerprint density at radius 1 is 1.36 bits per heavy atom. The maximum absolute atomic E-state index is 4.05. The molecule has 0 atom stereocenters. The van der Waals surface area contributed by atoms with Crippen molar-refractivity contribution in [1.82, 2.24) is 0 Å². The minimum absolute atomic E-state index is 1.11. The highest BCUT2D eigenvalue weighted by Gasteiger charge is 1.96. The van der Waals surface area contributed by atoms with Gasteiger partial charge < -0.3 is 0 Å². The Balaban J connectivity index is 2.60. The first-order valence-electron chi connectivity index (χ1n) is 4.80. The van der Waals surface area contributed by atoms with E-state index in [1.165, 1.54) is 11.1 Å². The maximum atomic E-state index is 4.05. The first-order valence-corrected chi connectivity index (χ1v) is 5.68. The molecule has 0 aliphatic rings. The molecule has 0 aliphatic heterocycles. The van der Waals surface area contributed by atoms with Crippen molar-refractivity contribution in [3.05, 3.63) is 53.5 Å². The average molecular weight is 204 g/mol. The van der Waals surface area contributed by atoms with Crippen molar-refractivity contribution in [1.29, 1.82) is 0 Å². The van der Waals surface area contributed by atoms with Gasteiger partial charge in [0.15, 0.2) is 0 Å². The van der Waals surface area contributed by atoms with Gasteiger partial charge in [0.1, 0.15) is 0 Å². The minimum atomic E-state index is 1.11. The van der Waals surface area contributed by atoms with E-state index in [2.05, 4.69) is 38.0 Å². The van der Waals surface area contributed by atoms with E-state index < -0.39 is 0 Å². The Morgan fingerprint density at radius 2 is 2.00 bits per heavy atom. The molecule has 1 rings (SSSR count). The predicted molar refractivity (Wildman–Crippen MR) is 67.1 cm³/mol. The van der Waals surface area contributed by atoms with Crippen molar-refractivity contribution in [2.45, 2.75) is 20.3 Å². The zero-order valence-electron chi connectivity index (χ0n) is 8.79. The molecule has 0 spiro atoms. The fourth-order valence-electron chi connectivity index (χ4n) is 0.947. The van der Waals surface area contributed by atoms with E-state index in [0.29, 0.717) is 0 Å². The van der Waals surface area contributed by atoms with Crippen LogP contribution in [0.25, 0.3) is 4.91 Å². The van der Waals surface area contributed by atoms with Crippen molar-refractivity contribution in [2.75, 3.05) is 0 Å². The second kappa shape index (κ2) is 5.71. The van der Waals surface area contributed by atoms with E-state index in [4.69, 9.17) is 0 Å². The standard InChI is InChI=1S/C13H16S/c1-4-11(2)10-14-12(3)13-8-6-5-7-9-13/h5-10H,3-4H2,1-2H3/b11-10+. The summed E-state index contributed by atoms with van der Waals surface area (Å²) in [7, 11) is 0. The molecule has 14 heavy (non-hydrogen) atoms. The van der Waals surface area contributed by atoms with E-state index in [-0.39, 0.29) is 0 Å². The summed E-state index contributed by atoms with van der Waals surface area (Å²) >= 11 is 1.71. The van der Waals surface area contributed by atoms with Crippen LogP contribution in [0.2, 0.25) is 0 Å². The monoisotopic (exact) mass is 204 g/mol. The third-order valence-electron chi connectivity index (χ3n) is 2.06. The number of hydrogen-bond acceptors (Lipinski definition) is 1. The molecule has 0 bridgehead atoms. The molecular formula is C13H16S. The van der Waals surface area contributed by atoms with E-state index in [1.807, 2.05) is 18.2 Å². The van der Waals surface area contributed by atoms with E-state index in [1.54, 1.807) is 11.8 Å². The zero-order chi connectivity index (χ0) is 10.4. The molecule has 0 aromatic heterocycles. The molecule has 0 amide bonds. The molecule has 0 fully saturated rings. The molecule has 1 aromatic rings. The third kappa shape index (κ3) is 3.43. The van der Waals surface area contributed by atoms with Crippen molar-refractivity contribution in [3.8, 4) is 0 Å². The minimum Gasteiger partial charge on any atom is -0.0981 e. The topological polar surface area (TPSA) is 0 Å². The van der Waals surface area contributed by atoms with Crippen LogP contribution in [0.1, 0.15) is 25.8 Å². The number of benzene rings is 1. The van der Waals surface area contributed by atoms with Gasteiger partial charge in [-0.3, -0.25) is 0 Å². The van der Waals surface area contributed by atoms with Gasteiger partial charge in [0.25, 0.3) is 0 Å². The van der Waals surface area contributed by atoms with Gasteiger partial charge in [-0.05, 0) is 24.3 Å². The van der Waals surface area contributed by atoms with Crippen LogP contribution >= 0.6 is 11.8 Å². The lowest BCUT2D eigenvalue weighted by molar-refractivity contribution is 1.11. The molecule has 0 aliphatic carbocycles. The van der Waals surface area contributed by atoms with Crippen LogP contribution in [0.3, 0.4) is 0 Å². The van der Waals surface area contributed by atoms with Gasteiger partial charge in [-0.1, -0.05) is 61.2 Å². The van der Waals surface area contributed by atoms with Gasteiger partial charge in [0.05, 0.1) is 0 Å². The summed E-state index contributed by atoms with van der Waals surface area (Å²) in [6.45, 7) is 8.36. The van der Waals surface area contributed by atoms with E-state index in [9.17, 15) is 0 Å². The van der Waals surface area contributed by atoms with Gasteiger partial charge in [-0.15, -0.1) is 0 Å². The third-order valence-corrected chi connectivity index (χ3v) is 3.10. The second-order valence-electron chi connectivity index (χ2n) is 3.22. The molecule has 0 saturated carbocycles. The summed E-state index contributed by atoms with van der Waals surface area (Å²) in [6.07, 6.45) is 1.11. The predicted octanol–water partition coefficient (Wildman–Crippen LogP) is 4.70. The molecule has 0 heterocycles. The summed E-state index contributed by atoms with van der Waals surface area (Å²) in [4.78, 5) is 1.11. The molecule has 0 N–H and O–H groups in total. The molecular weight excluding hydrogens is 188 g/mol. The van der Waals surface area contributed by atoms with Gasteiger partial charge in [-0.25, -0.2) is 0 Å². The maximum Gasteiger partial charge on any atom is 0.0116 e. The van der Waals surface area contributed by atoms with Crippen LogP contribution in [0.5, 0.6) is 0 Å². The normalized spacial score (nSPS) is 11.4. The van der Waals surface area contributed by atoms with Crippen LogP contribution in [0.4, 0.5) is 0 Å². The van der Waals surface area contributed by atoms with Crippen molar-refractivity contribution in [2.24, 2.45) is 0 Å². The molecule has 1 aromatic carbocycles. The lowest BCUT2D eigenvalue weighted by Gasteiger charge is -2.02. The highest BCUT2D eigenvalue weighted by atomic mass is 32.2. The Hall–Kier alpha value is -0.950. The summed E-state index contributed by atoms with van der Waals surface area (Å²) in [5.74, 6) is 0. The number of rotatable bonds is 4. The van der Waals surface area contributed by atoms with Gasteiger partial charge >= 0.3 is 0 Å². The quantitative estimate of drug-likeness (QED) is 0.684. The Labute approximate surface area is 90.7 Å². The summed E-state index contributed by atoms with van der Waals surface area (Å²) in [5, 5.41) is 2.18. The Bertz CT molecular complexity index is 322. The van der Waals surface area contributed by atoms with Gasteiger partial charge in [-0.2, -0.15) is 0 Å². The number of thioether (sulfide) groups is 1. The van der Waals surface area contributed by atoms with Crippen LogP contribution in [-0.4, -0.2) is 0 Å². The summed E-state index contributed by atoms with van der Waals surface area (Å²) in [6, 6.07) is 10.3. The van der Waals surface area contributed by atoms with Crippen molar-refractivity contribution in [3.63, 3.8) is 0 Å². The fraction of sp³-hybridized carbons (Fsp3) is 0.231. The zero-order valence-corrected chi connectivity index (χ0v) is 9.60. The van der Waals surface area contributed by atoms with Crippen molar-refractivity contribution < 1.29 is 0 Å². The fourth-order valence-corrected chi connectivity index (χ4v) is 1.73. The highest BCUT2D eigenvalue weighted by Crippen LogP contribution is 2.27. The molecule has 0 saturated heterocycles. The number of allylic oxidation sites excluding steroid dienone is 1. The first-order chi connectivity index (χ1) is 6.74. The SMILES string of the molecule is C=C(S/C=C(\C)CC)c1ccccc1. The van der Waals surface area contributed by atoms with Crippen molar-refractivity contribution >= 4 is 16.7 Å². The Morgan fingerprint density at radius 3 is 2.57 bits per heavy atom. The summed E-state index contributed by atoms with van der Waals surface area (Å²) in [5.41, 5.74) is 2.60. The first kappa shape index (κ1) is 11.1. The largest absolute Gasteiger partial charge is 0.0981 e. The van der Waals surface area contributed by atoms with Crippen LogP contribution in [0.15, 0.2) is 47.9 Å². The smallest absolute Gasteiger partial charge is 0.0116 e. The van der Waals surface area contributed by atoms with E-state index in [0.717, 1.165) is 11.3 Å². The lowest BCUT2D eigenvalue weighted by Crippen LogP contribution is -1.75. The van der Waals surface area contributed by atoms with E-state index >= 15 is 0 Å². The van der Waals surface area contributed by atoms with Gasteiger partial charge in [0, 0.05) is 4.91 Å². The van der Waals surface area contributed by atoms with Crippen LogP contribution < -0.4 is 0 Å². The average Bonchev–Trinajstić information content (AvgIpc) is 2.26. The highest BCUT2D eigenvalue weighted by molar-refractivity contribution is 8.10. The Kier molecular flexibility index (Phi) is 4.54. The van der Waals surface area contributed by atoms with Crippen LogP contribution in [0, 0.1) is 0 Å². The van der Waals surface area contributed by atoms with Gasteiger partial charge in [0.2, 0.25) is 0 Å². The molecule has 0 unspecified atom stereocenters. The number of hydrogen-bond donors (Lipinski definition) is 0. The molecule has 0 nitrogen and oxygen atoms in total. The molecule has 74 valence electrons. The second-order valence-corrected chi connectivity index (χ2v) is 4.19. The van der Waals surface area contributed by atoms with Crippen LogP contribution in [-0.2, 0) is 0 Å².